The smallest absolute Gasteiger partial charge is 0.494 e. The van der Waals surface area contributed by atoms with Gasteiger partial charge in [-0.05, 0) is 89.7 Å². The molecule has 0 aromatic heterocycles. The topological polar surface area (TPSA) is 68.2 Å². The van der Waals surface area contributed by atoms with Crippen LogP contribution in [0.15, 0.2) is 42.5 Å². The molecule has 0 bridgehead atoms. The number of fused-ring (bicyclic) bond motifs is 1. The molecule has 2 aromatic carbocycles. The van der Waals surface area contributed by atoms with E-state index in [0.29, 0.717) is 19.6 Å². The lowest BCUT2D eigenvalue weighted by Crippen LogP contribution is -2.41. The summed E-state index contributed by atoms with van der Waals surface area (Å²) in [5.74, 6) is 0.0790. The fraction of sp³-hybridized carbons (Fsp3) is 0.594. The second-order valence-electron chi connectivity index (χ2n) is 13.7. The number of hydrogen-bond acceptors (Lipinski definition) is 7. The number of phenols is 1. The van der Waals surface area contributed by atoms with Crippen molar-refractivity contribution in [3.8, 4) is 5.75 Å². The van der Waals surface area contributed by atoms with E-state index in [4.69, 9.17) is 14.0 Å². The zero-order valence-corrected chi connectivity index (χ0v) is 26.6. The van der Waals surface area contributed by atoms with Gasteiger partial charge >= 0.3 is 13.1 Å². The molecule has 1 saturated heterocycles. The lowest BCUT2D eigenvalue weighted by Gasteiger charge is -2.37. The molecule has 2 aliphatic rings. The van der Waals surface area contributed by atoms with Gasteiger partial charge in [-0.3, -0.25) is 4.79 Å². The van der Waals surface area contributed by atoms with E-state index in [0.717, 1.165) is 22.3 Å². The molecule has 0 spiro atoms. The second-order valence-corrected chi connectivity index (χ2v) is 15.7. The molecule has 2 heterocycles. The first kappa shape index (κ1) is 30.8. The van der Waals surface area contributed by atoms with E-state index in [1.807, 2.05) is 44.7 Å². The Morgan fingerprint density at radius 3 is 2.17 bits per heavy atom. The molecule has 2 atom stereocenters. The quantitative estimate of drug-likeness (QED) is 0.284. The van der Waals surface area contributed by atoms with Crippen molar-refractivity contribution in [1.29, 1.82) is 0 Å². The number of carbonyl (C=O) groups is 1. The van der Waals surface area contributed by atoms with E-state index < -0.39 is 12.5 Å². The fourth-order valence-corrected chi connectivity index (χ4v) is 6.89. The second kappa shape index (κ2) is 10.9. The SMILES string of the molecule is CCOC(=O)C(C)(C)CC1C(SC(C)(C)C)c2cc(O)ccc2N1Cc1ccc(B2OC(C)(C)C(C)(C)O2)cc1. The highest BCUT2D eigenvalue weighted by molar-refractivity contribution is 8.00. The average Bonchev–Trinajstić information content (AvgIpc) is 3.21. The van der Waals surface area contributed by atoms with Crippen LogP contribution >= 0.6 is 11.8 Å². The summed E-state index contributed by atoms with van der Waals surface area (Å²) in [6.07, 6.45) is 0.626. The molecular formula is C32H46BNO5S. The van der Waals surface area contributed by atoms with E-state index in [9.17, 15) is 9.90 Å². The highest BCUT2D eigenvalue weighted by atomic mass is 32.2. The van der Waals surface area contributed by atoms with Gasteiger partial charge in [0.2, 0.25) is 0 Å². The summed E-state index contributed by atoms with van der Waals surface area (Å²) in [5.41, 5.74) is 2.91. The Hall–Kier alpha value is -2.16. The third kappa shape index (κ3) is 6.34. The zero-order chi connectivity index (χ0) is 29.7. The van der Waals surface area contributed by atoms with Crippen LogP contribution < -0.4 is 10.4 Å². The van der Waals surface area contributed by atoms with Gasteiger partial charge in [-0.25, -0.2) is 0 Å². The Morgan fingerprint density at radius 1 is 1.02 bits per heavy atom. The molecule has 4 rings (SSSR count). The largest absolute Gasteiger partial charge is 0.508 e. The van der Waals surface area contributed by atoms with Gasteiger partial charge in [-0.2, -0.15) is 0 Å². The number of rotatable bonds is 8. The Bertz CT molecular complexity index is 1200. The van der Waals surface area contributed by atoms with Crippen LogP contribution in [-0.4, -0.2) is 46.8 Å². The summed E-state index contributed by atoms with van der Waals surface area (Å²) in [5, 5.41) is 10.5. The molecule has 1 fully saturated rings. The van der Waals surface area contributed by atoms with Gasteiger partial charge in [0, 0.05) is 23.0 Å². The highest BCUT2D eigenvalue weighted by Crippen LogP contribution is 2.54. The van der Waals surface area contributed by atoms with Crippen molar-refractivity contribution in [2.24, 2.45) is 5.41 Å². The number of ether oxygens (including phenoxy) is 1. The number of phenolic OH excluding ortho intramolecular Hbond substituents is 1. The van der Waals surface area contributed by atoms with E-state index in [1.54, 1.807) is 6.07 Å². The van der Waals surface area contributed by atoms with Gasteiger partial charge in [-0.15, -0.1) is 11.8 Å². The molecule has 0 aliphatic carbocycles. The molecule has 0 amide bonds. The van der Waals surface area contributed by atoms with Crippen LogP contribution in [0.1, 0.15) is 92.0 Å². The van der Waals surface area contributed by atoms with Gasteiger partial charge in [0.1, 0.15) is 5.75 Å². The average molecular weight is 568 g/mol. The summed E-state index contributed by atoms with van der Waals surface area (Å²) in [6.45, 7) is 21.7. The molecule has 2 aromatic rings. The zero-order valence-electron chi connectivity index (χ0n) is 25.8. The number of aromatic hydroxyl groups is 1. The normalized spacial score (nSPS) is 21.9. The van der Waals surface area contributed by atoms with Crippen LogP contribution in [0.2, 0.25) is 0 Å². The van der Waals surface area contributed by atoms with Gasteiger partial charge in [0.15, 0.2) is 0 Å². The lowest BCUT2D eigenvalue weighted by molar-refractivity contribution is -0.154. The molecule has 40 heavy (non-hydrogen) atoms. The Morgan fingerprint density at radius 2 is 1.62 bits per heavy atom. The number of esters is 1. The van der Waals surface area contributed by atoms with Crippen molar-refractivity contribution < 1.29 is 23.9 Å². The number of thioether (sulfide) groups is 1. The van der Waals surface area contributed by atoms with Gasteiger partial charge in [0.05, 0.1) is 28.5 Å². The Balaban J connectivity index is 1.66. The van der Waals surface area contributed by atoms with Crippen LogP contribution in [0.4, 0.5) is 5.69 Å². The molecule has 1 N–H and O–H groups in total. The molecule has 6 nitrogen and oxygen atoms in total. The molecule has 0 radical (unpaired) electrons. The van der Waals surface area contributed by atoms with Crippen molar-refractivity contribution in [2.45, 2.75) is 109 Å². The molecular weight excluding hydrogens is 521 g/mol. The van der Waals surface area contributed by atoms with Crippen molar-refractivity contribution in [3.05, 3.63) is 53.6 Å². The van der Waals surface area contributed by atoms with E-state index in [2.05, 4.69) is 77.6 Å². The summed E-state index contributed by atoms with van der Waals surface area (Å²) in [7, 11) is -0.403. The van der Waals surface area contributed by atoms with Gasteiger partial charge < -0.3 is 24.1 Å². The molecule has 0 saturated carbocycles. The number of benzene rings is 2. The maximum atomic E-state index is 13.0. The minimum absolute atomic E-state index is 0.0137. The lowest BCUT2D eigenvalue weighted by atomic mass is 9.79. The summed E-state index contributed by atoms with van der Waals surface area (Å²) >= 11 is 1.88. The Kier molecular flexibility index (Phi) is 8.41. The predicted octanol–water partition coefficient (Wildman–Crippen LogP) is 6.63. The van der Waals surface area contributed by atoms with E-state index in [1.165, 1.54) is 0 Å². The Labute approximate surface area is 245 Å². The maximum absolute atomic E-state index is 13.0. The van der Waals surface area contributed by atoms with E-state index >= 15 is 0 Å². The van der Waals surface area contributed by atoms with Crippen molar-refractivity contribution in [3.63, 3.8) is 0 Å². The van der Waals surface area contributed by atoms with Crippen LogP contribution in [0.25, 0.3) is 0 Å². The first-order valence-electron chi connectivity index (χ1n) is 14.3. The minimum atomic E-state index is -0.666. The number of anilines is 1. The monoisotopic (exact) mass is 567 g/mol. The van der Waals surface area contributed by atoms with Crippen LogP contribution in [0, 0.1) is 5.41 Å². The first-order chi connectivity index (χ1) is 18.4. The van der Waals surface area contributed by atoms with Crippen molar-refractivity contribution in [1.82, 2.24) is 0 Å². The van der Waals surface area contributed by atoms with Crippen LogP contribution in [-0.2, 0) is 25.4 Å². The fourth-order valence-electron chi connectivity index (χ4n) is 5.41. The molecule has 2 aliphatic heterocycles. The highest BCUT2D eigenvalue weighted by Gasteiger charge is 2.52. The summed E-state index contributed by atoms with van der Waals surface area (Å²) < 4.78 is 18.0. The van der Waals surface area contributed by atoms with Crippen LogP contribution in [0.3, 0.4) is 0 Å². The van der Waals surface area contributed by atoms with Crippen LogP contribution in [0.5, 0.6) is 5.75 Å². The molecule has 218 valence electrons. The van der Waals surface area contributed by atoms with E-state index in [-0.39, 0.29) is 39.0 Å². The summed E-state index contributed by atoms with van der Waals surface area (Å²) in [4.78, 5) is 15.4. The molecule has 8 heteroatoms. The first-order valence-corrected chi connectivity index (χ1v) is 15.2. The molecule has 2 unspecified atom stereocenters. The number of carbonyl (C=O) groups excluding carboxylic acids is 1. The maximum Gasteiger partial charge on any atom is 0.494 e. The van der Waals surface area contributed by atoms with Crippen molar-refractivity contribution in [2.75, 3.05) is 11.5 Å². The number of nitrogens with zero attached hydrogens (tertiary/aromatic N) is 1. The van der Waals surface area contributed by atoms with Gasteiger partial charge in [0.25, 0.3) is 0 Å². The van der Waals surface area contributed by atoms with Gasteiger partial charge in [-0.1, -0.05) is 45.0 Å². The standard InChI is InChI=1S/C32H46BNO5S/c1-11-37-28(36)30(5,6)19-26-27(40-29(2,3)4)24-18-23(35)16-17-25(24)34(26)20-21-12-14-22(15-13-21)33-38-31(7,8)32(9,10)39-33/h12-18,26-27,35H,11,19-20H2,1-10H3. The van der Waals surface area contributed by atoms with Crippen molar-refractivity contribution >= 4 is 36.0 Å². The minimum Gasteiger partial charge on any atom is -0.508 e. The third-order valence-corrected chi connectivity index (χ3v) is 9.79. The predicted molar refractivity (Wildman–Crippen MR) is 165 cm³/mol. The number of hydrogen-bond donors (Lipinski definition) is 1. The summed E-state index contributed by atoms with van der Waals surface area (Å²) in [6, 6.07) is 14.1. The third-order valence-electron chi connectivity index (χ3n) is 8.26.